The zero-order valence-corrected chi connectivity index (χ0v) is 21.0. The predicted octanol–water partition coefficient (Wildman–Crippen LogP) is 5.53. The van der Waals surface area contributed by atoms with Crippen molar-refractivity contribution < 1.29 is 23.7 Å². The van der Waals surface area contributed by atoms with Gasteiger partial charge in [0.05, 0.1) is 19.8 Å². The fourth-order valence-electron chi connectivity index (χ4n) is 3.54. The Morgan fingerprint density at radius 2 is 1.58 bits per heavy atom. The fraction of sp³-hybridized carbons (Fsp3) is 0.720. The summed E-state index contributed by atoms with van der Waals surface area (Å²) in [5.41, 5.74) is 0.676. The van der Waals surface area contributed by atoms with Gasteiger partial charge < -0.3 is 18.9 Å². The fourth-order valence-corrected chi connectivity index (χ4v) is 3.54. The molecule has 7 nitrogen and oxygen atoms in total. The molecule has 0 unspecified atom stereocenters. The minimum Gasteiger partial charge on any atom is -0.492 e. The van der Waals surface area contributed by atoms with Gasteiger partial charge in [-0.2, -0.15) is 0 Å². The highest BCUT2D eigenvalue weighted by molar-refractivity contribution is 5.85. The molecule has 1 N–H and O–H groups in total. The van der Waals surface area contributed by atoms with Gasteiger partial charge in [0.1, 0.15) is 19.0 Å². The van der Waals surface area contributed by atoms with E-state index in [1.807, 2.05) is 24.3 Å². The first kappa shape index (κ1) is 29.5. The van der Waals surface area contributed by atoms with Crippen LogP contribution >= 0.6 is 12.4 Å². The molecule has 1 heterocycles. The molecule has 0 aliphatic carbocycles. The van der Waals surface area contributed by atoms with Crippen molar-refractivity contribution in [2.45, 2.75) is 58.3 Å². The lowest BCUT2D eigenvalue weighted by atomic mass is 10.1. The summed E-state index contributed by atoms with van der Waals surface area (Å²) in [6.45, 7) is 8.68. The number of nitrogens with zero attached hydrogens (tertiary/aromatic N) is 1. The molecule has 8 heteroatoms. The van der Waals surface area contributed by atoms with Crippen molar-refractivity contribution in [2.24, 2.45) is 0 Å². The predicted molar refractivity (Wildman–Crippen MR) is 135 cm³/mol. The maximum absolute atomic E-state index is 11.9. The zero-order valence-electron chi connectivity index (χ0n) is 20.2. The summed E-state index contributed by atoms with van der Waals surface area (Å²) in [5.74, 6) is 0.784. The summed E-state index contributed by atoms with van der Waals surface area (Å²) < 4.78 is 21.8. The third kappa shape index (κ3) is 15.1. The van der Waals surface area contributed by atoms with Crippen LogP contribution in [0.15, 0.2) is 24.3 Å². The van der Waals surface area contributed by atoms with Gasteiger partial charge in [-0.05, 0) is 30.7 Å². The van der Waals surface area contributed by atoms with Crippen LogP contribution in [0, 0.1) is 0 Å². The molecule has 190 valence electrons. The Kier molecular flexibility index (Phi) is 17.8. The van der Waals surface area contributed by atoms with E-state index in [4.69, 9.17) is 18.9 Å². The number of nitrogens with one attached hydrogen (secondary N) is 1. The molecule has 33 heavy (non-hydrogen) atoms. The molecule has 1 saturated heterocycles. The quantitative estimate of drug-likeness (QED) is 0.292. The van der Waals surface area contributed by atoms with Crippen LogP contribution in [0.5, 0.6) is 5.75 Å². The van der Waals surface area contributed by atoms with E-state index in [9.17, 15) is 4.79 Å². The smallest absolute Gasteiger partial charge is 0.411 e. The second-order valence-corrected chi connectivity index (χ2v) is 8.18. The second kappa shape index (κ2) is 19.9. The van der Waals surface area contributed by atoms with Gasteiger partial charge >= 0.3 is 6.09 Å². The van der Waals surface area contributed by atoms with E-state index >= 15 is 0 Å². The van der Waals surface area contributed by atoms with Crippen LogP contribution in [0.25, 0.3) is 0 Å². The molecular weight excluding hydrogens is 444 g/mol. The Balaban J connectivity index is 0.00000544. The summed E-state index contributed by atoms with van der Waals surface area (Å²) in [6, 6.07) is 7.32. The number of morpholine rings is 1. The first-order chi connectivity index (χ1) is 15.8. The molecule has 1 aliphatic rings. The highest BCUT2D eigenvalue weighted by Gasteiger charge is 2.10. The standard InChI is InChI=1S/C25H42N2O5.ClH/c1-2-3-4-5-6-7-8-9-17-29-21-22-32-25(28)26-23-10-12-24(13-11-23)31-20-16-27-14-18-30-19-15-27;/h10-13H,2-9,14-22H2,1H3,(H,26,28);1H. The van der Waals surface area contributed by atoms with Crippen LogP contribution in [-0.2, 0) is 14.2 Å². The van der Waals surface area contributed by atoms with E-state index in [1.165, 1.54) is 44.9 Å². The Labute approximate surface area is 205 Å². The number of amides is 1. The minimum atomic E-state index is -0.471. The molecule has 1 fully saturated rings. The molecule has 1 amide bonds. The number of rotatable bonds is 17. The van der Waals surface area contributed by atoms with Crippen molar-refractivity contribution in [1.29, 1.82) is 0 Å². The Morgan fingerprint density at radius 3 is 2.27 bits per heavy atom. The van der Waals surface area contributed by atoms with E-state index in [0.29, 0.717) is 18.9 Å². The van der Waals surface area contributed by atoms with E-state index in [-0.39, 0.29) is 19.0 Å². The Morgan fingerprint density at radius 1 is 0.909 bits per heavy atom. The van der Waals surface area contributed by atoms with Gasteiger partial charge in [0.25, 0.3) is 0 Å². The van der Waals surface area contributed by atoms with Crippen molar-refractivity contribution in [2.75, 3.05) is 64.6 Å². The van der Waals surface area contributed by atoms with Crippen LogP contribution in [0.1, 0.15) is 58.3 Å². The molecule has 1 aliphatic heterocycles. The molecule has 0 bridgehead atoms. The number of benzene rings is 1. The number of carbonyl (C=O) groups is 1. The summed E-state index contributed by atoms with van der Waals surface area (Å²) in [7, 11) is 0. The number of anilines is 1. The maximum Gasteiger partial charge on any atom is 0.411 e. The maximum atomic E-state index is 11.9. The number of carbonyl (C=O) groups excluding carboxylic acids is 1. The normalized spacial score (nSPS) is 13.8. The lowest BCUT2D eigenvalue weighted by Crippen LogP contribution is -2.38. The number of ether oxygens (including phenoxy) is 4. The van der Waals surface area contributed by atoms with E-state index in [1.54, 1.807) is 0 Å². The van der Waals surface area contributed by atoms with Crippen molar-refractivity contribution in [1.82, 2.24) is 4.90 Å². The van der Waals surface area contributed by atoms with Gasteiger partial charge in [0, 0.05) is 31.9 Å². The summed E-state index contributed by atoms with van der Waals surface area (Å²) in [6.07, 6.45) is 9.77. The van der Waals surface area contributed by atoms with E-state index in [0.717, 1.165) is 51.6 Å². The van der Waals surface area contributed by atoms with Crippen LogP contribution in [-0.4, -0.2) is 70.3 Å². The van der Waals surface area contributed by atoms with Crippen LogP contribution in [0.2, 0.25) is 0 Å². The third-order valence-corrected chi connectivity index (χ3v) is 5.48. The van der Waals surface area contributed by atoms with Crippen molar-refractivity contribution >= 4 is 24.2 Å². The third-order valence-electron chi connectivity index (χ3n) is 5.48. The monoisotopic (exact) mass is 486 g/mol. The molecule has 1 aromatic carbocycles. The van der Waals surface area contributed by atoms with E-state index < -0.39 is 6.09 Å². The number of halogens is 1. The summed E-state index contributed by atoms with van der Waals surface area (Å²) in [5, 5.41) is 2.72. The molecular formula is C25H43ClN2O5. The van der Waals surface area contributed by atoms with Crippen LogP contribution in [0.3, 0.4) is 0 Å². The van der Waals surface area contributed by atoms with Gasteiger partial charge in [0.15, 0.2) is 0 Å². The lowest BCUT2D eigenvalue weighted by molar-refractivity contribution is 0.0322. The molecule has 2 rings (SSSR count). The number of unbranched alkanes of at least 4 members (excludes halogenated alkanes) is 7. The summed E-state index contributed by atoms with van der Waals surface area (Å²) >= 11 is 0. The van der Waals surface area contributed by atoms with Gasteiger partial charge in [-0.15, -0.1) is 12.4 Å². The number of hydrogen-bond donors (Lipinski definition) is 1. The molecule has 0 saturated carbocycles. The topological polar surface area (TPSA) is 69.3 Å². The van der Waals surface area contributed by atoms with Gasteiger partial charge in [-0.3, -0.25) is 10.2 Å². The van der Waals surface area contributed by atoms with Crippen molar-refractivity contribution in [3.8, 4) is 5.75 Å². The Bertz CT molecular complexity index is 597. The lowest BCUT2D eigenvalue weighted by Gasteiger charge is -2.26. The minimum absolute atomic E-state index is 0. The molecule has 0 atom stereocenters. The van der Waals surface area contributed by atoms with Crippen LogP contribution in [0.4, 0.5) is 10.5 Å². The van der Waals surface area contributed by atoms with Crippen LogP contribution < -0.4 is 10.1 Å². The second-order valence-electron chi connectivity index (χ2n) is 8.18. The van der Waals surface area contributed by atoms with Crippen molar-refractivity contribution in [3.63, 3.8) is 0 Å². The zero-order chi connectivity index (χ0) is 22.7. The first-order valence-electron chi connectivity index (χ1n) is 12.3. The average Bonchev–Trinajstić information content (AvgIpc) is 2.81. The van der Waals surface area contributed by atoms with Crippen molar-refractivity contribution in [3.05, 3.63) is 24.3 Å². The SMILES string of the molecule is CCCCCCCCCCOCCOC(=O)Nc1ccc(OCCN2CCOCC2)cc1.Cl. The highest BCUT2D eigenvalue weighted by atomic mass is 35.5. The molecule has 0 spiro atoms. The van der Waals surface area contributed by atoms with Gasteiger partial charge in [-0.1, -0.05) is 51.9 Å². The highest BCUT2D eigenvalue weighted by Crippen LogP contribution is 2.16. The summed E-state index contributed by atoms with van der Waals surface area (Å²) in [4.78, 5) is 14.2. The average molecular weight is 487 g/mol. The molecule has 0 aromatic heterocycles. The number of hydrogen-bond acceptors (Lipinski definition) is 6. The Hall–Kier alpha value is -1.54. The van der Waals surface area contributed by atoms with Gasteiger partial charge in [0.2, 0.25) is 0 Å². The first-order valence-corrected chi connectivity index (χ1v) is 12.3. The van der Waals surface area contributed by atoms with E-state index in [2.05, 4.69) is 17.1 Å². The molecule has 1 aromatic rings. The largest absolute Gasteiger partial charge is 0.492 e. The van der Waals surface area contributed by atoms with Gasteiger partial charge in [-0.25, -0.2) is 4.79 Å². The molecule has 0 radical (unpaired) electrons.